The van der Waals surface area contributed by atoms with Crippen LogP contribution < -0.4 is 9.64 Å². The molecule has 0 aliphatic heterocycles. The first-order valence-corrected chi connectivity index (χ1v) is 9.85. The summed E-state index contributed by atoms with van der Waals surface area (Å²) in [6.07, 6.45) is 1.64. The maximum absolute atomic E-state index is 13.2. The van der Waals surface area contributed by atoms with E-state index < -0.39 is 0 Å². The summed E-state index contributed by atoms with van der Waals surface area (Å²) >= 11 is 1.50. The maximum Gasteiger partial charge on any atom is 0.278 e. The van der Waals surface area contributed by atoms with E-state index in [1.807, 2.05) is 18.2 Å². The fourth-order valence-electron chi connectivity index (χ4n) is 2.92. The van der Waals surface area contributed by atoms with Crippen molar-refractivity contribution in [3.8, 4) is 5.75 Å². The van der Waals surface area contributed by atoms with Gasteiger partial charge in [0.1, 0.15) is 11.4 Å². The van der Waals surface area contributed by atoms with Crippen molar-refractivity contribution >= 4 is 32.6 Å². The van der Waals surface area contributed by atoms with E-state index in [1.54, 1.807) is 36.0 Å². The van der Waals surface area contributed by atoms with E-state index >= 15 is 0 Å². The molecule has 27 heavy (non-hydrogen) atoms. The molecule has 3 rings (SSSR count). The molecule has 144 valence electrons. The normalized spacial score (nSPS) is 11.3. The summed E-state index contributed by atoms with van der Waals surface area (Å²) in [4.78, 5) is 22.0. The zero-order chi connectivity index (χ0) is 19.4. The number of hydrogen-bond donors (Lipinski definition) is 0. The molecule has 7 nitrogen and oxygen atoms in total. The van der Waals surface area contributed by atoms with Crippen molar-refractivity contribution in [3.05, 3.63) is 36.2 Å². The maximum atomic E-state index is 13.2. The Labute approximate surface area is 163 Å². The molecule has 0 N–H and O–H groups in total. The molecule has 1 aromatic carbocycles. The number of anilines is 1. The quantitative estimate of drug-likeness (QED) is 0.594. The standard InChI is InChI=1S/C19H25N5O2S/c1-5-23(6-2)11-12-24(18(25)16-9-10-20-22(16)3)19-21-15-8-7-14(26-4)13-17(15)27-19/h7-10,13H,5-6,11-12H2,1-4H3. The van der Waals surface area contributed by atoms with Crippen LogP contribution in [0.15, 0.2) is 30.5 Å². The Bertz CT molecular complexity index is 916. The van der Waals surface area contributed by atoms with E-state index in [2.05, 4.69) is 23.8 Å². The van der Waals surface area contributed by atoms with Crippen LogP contribution >= 0.6 is 11.3 Å². The van der Waals surface area contributed by atoms with Crippen molar-refractivity contribution < 1.29 is 9.53 Å². The van der Waals surface area contributed by atoms with E-state index in [-0.39, 0.29) is 5.91 Å². The zero-order valence-electron chi connectivity index (χ0n) is 16.2. The number of thiazole rings is 1. The minimum Gasteiger partial charge on any atom is -0.497 e. The predicted octanol–water partition coefficient (Wildman–Crippen LogP) is 3.03. The second-order valence-electron chi connectivity index (χ2n) is 6.15. The average Bonchev–Trinajstić information content (AvgIpc) is 3.30. The molecule has 0 aliphatic carbocycles. The van der Waals surface area contributed by atoms with Gasteiger partial charge in [-0.15, -0.1) is 0 Å². The highest BCUT2D eigenvalue weighted by atomic mass is 32.1. The lowest BCUT2D eigenvalue weighted by Gasteiger charge is -2.24. The molecular formula is C19H25N5O2S. The Morgan fingerprint density at radius 2 is 2.00 bits per heavy atom. The molecule has 0 saturated heterocycles. The van der Waals surface area contributed by atoms with E-state index in [0.717, 1.165) is 35.6 Å². The van der Waals surface area contributed by atoms with Gasteiger partial charge in [-0.2, -0.15) is 5.10 Å². The first-order chi connectivity index (χ1) is 13.1. The number of aryl methyl sites for hydroxylation is 1. The number of carbonyl (C=O) groups is 1. The van der Waals surface area contributed by atoms with Crippen LogP contribution in [0.25, 0.3) is 10.2 Å². The van der Waals surface area contributed by atoms with Crippen LogP contribution in [0.5, 0.6) is 5.75 Å². The molecule has 1 amide bonds. The average molecular weight is 388 g/mol. The lowest BCUT2D eigenvalue weighted by atomic mass is 10.3. The topological polar surface area (TPSA) is 63.5 Å². The predicted molar refractivity (Wildman–Crippen MR) is 109 cm³/mol. The summed E-state index contributed by atoms with van der Waals surface area (Å²) in [5, 5.41) is 4.82. The third-order valence-electron chi connectivity index (χ3n) is 4.63. The zero-order valence-corrected chi connectivity index (χ0v) is 17.0. The largest absolute Gasteiger partial charge is 0.497 e. The van der Waals surface area contributed by atoms with Gasteiger partial charge >= 0.3 is 0 Å². The highest BCUT2D eigenvalue weighted by molar-refractivity contribution is 7.22. The molecule has 0 unspecified atom stereocenters. The summed E-state index contributed by atoms with van der Waals surface area (Å²) in [5.41, 5.74) is 1.41. The van der Waals surface area contributed by atoms with Crippen LogP contribution in [-0.2, 0) is 7.05 Å². The second-order valence-corrected chi connectivity index (χ2v) is 7.16. The number of carbonyl (C=O) groups excluding carboxylic acids is 1. The number of nitrogens with zero attached hydrogens (tertiary/aromatic N) is 5. The highest BCUT2D eigenvalue weighted by Crippen LogP contribution is 2.32. The molecule has 0 aliphatic rings. The van der Waals surface area contributed by atoms with Gasteiger partial charge in [-0.1, -0.05) is 25.2 Å². The molecule has 2 heterocycles. The second kappa shape index (κ2) is 8.49. The highest BCUT2D eigenvalue weighted by Gasteiger charge is 2.24. The summed E-state index contributed by atoms with van der Waals surface area (Å²) in [7, 11) is 3.42. The molecule has 0 radical (unpaired) electrons. The van der Waals surface area contributed by atoms with E-state index in [4.69, 9.17) is 9.72 Å². The SMILES string of the molecule is CCN(CC)CCN(C(=O)c1ccnn1C)c1nc2ccc(OC)cc2s1. The van der Waals surface area contributed by atoms with E-state index in [0.29, 0.717) is 17.4 Å². The van der Waals surface area contributed by atoms with Gasteiger partial charge < -0.3 is 9.64 Å². The number of fused-ring (bicyclic) bond motifs is 1. The molecule has 0 fully saturated rings. The lowest BCUT2D eigenvalue weighted by molar-refractivity contribution is 0.0974. The van der Waals surface area contributed by atoms with Crippen molar-refractivity contribution in [2.75, 3.05) is 38.2 Å². The van der Waals surface area contributed by atoms with E-state index in [9.17, 15) is 4.79 Å². The van der Waals surface area contributed by atoms with Gasteiger partial charge in [0, 0.05) is 26.3 Å². The minimum absolute atomic E-state index is 0.0897. The monoisotopic (exact) mass is 387 g/mol. The van der Waals surface area contributed by atoms with Crippen LogP contribution in [0.3, 0.4) is 0 Å². The fourth-order valence-corrected chi connectivity index (χ4v) is 3.94. The molecule has 0 spiro atoms. The van der Waals surface area contributed by atoms with Crippen molar-refractivity contribution in [1.29, 1.82) is 0 Å². The molecule has 0 saturated carbocycles. The van der Waals surface area contributed by atoms with Gasteiger partial charge in [0.25, 0.3) is 5.91 Å². The summed E-state index contributed by atoms with van der Waals surface area (Å²) in [6, 6.07) is 7.50. The Morgan fingerprint density at radius 3 is 2.63 bits per heavy atom. The Hall–Kier alpha value is -2.45. The lowest BCUT2D eigenvalue weighted by Crippen LogP contribution is -2.39. The summed E-state index contributed by atoms with van der Waals surface area (Å²) in [6.45, 7) is 7.50. The molecule has 8 heteroatoms. The van der Waals surface area contributed by atoms with Gasteiger partial charge in [-0.05, 0) is 37.4 Å². The number of ether oxygens (including phenoxy) is 1. The number of rotatable bonds is 8. The molecule has 0 bridgehead atoms. The third kappa shape index (κ3) is 4.12. The van der Waals surface area contributed by atoms with Crippen LogP contribution in [0.2, 0.25) is 0 Å². The first-order valence-electron chi connectivity index (χ1n) is 9.04. The number of likely N-dealkylation sites (N-methyl/N-ethyl adjacent to an activating group) is 1. The number of methoxy groups -OCH3 is 1. The summed E-state index contributed by atoms with van der Waals surface area (Å²) < 4.78 is 7.90. The Balaban J connectivity index is 1.95. The van der Waals surface area contributed by atoms with Crippen LogP contribution in [0.4, 0.5) is 5.13 Å². The number of hydrogen-bond acceptors (Lipinski definition) is 6. The number of aromatic nitrogens is 3. The van der Waals surface area contributed by atoms with Crippen molar-refractivity contribution in [2.45, 2.75) is 13.8 Å². The van der Waals surface area contributed by atoms with Gasteiger partial charge in [0.2, 0.25) is 0 Å². The first kappa shape index (κ1) is 19.3. The van der Waals surface area contributed by atoms with Crippen LogP contribution in [-0.4, -0.2) is 58.9 Å². The third-order valence-corrected chi connectivity index (χ3v) is 5.68. The molecule has 2 aromatic heterocycles. The molecular weight excluding hydrogens is 362 g/mol. The summed E-state index contributed by atoms with van der Waals surface area (Å²) in [5.74, 6) is 0.693. The molecule has 0 atom stereocenters. The number of amides is 1. The van der Waals surface area contributed by atoms with Crippen LogP contribution in [0.1, 0.15) is 24.3 Å². The van der Waals surface area contributed by atoms with Gasteiger partial charge in [0.15, 0.2) is 5.13 Å². The Kier molecular flexibility index (Phi) is 6.08. The molecule has 3 aromatic rings. The fraction of sp³-hybridized carbons (Fsp3) is 0.421. The smallest absolute Gasteiger partial charge is 0.278 e. The van der Waals surface area contributed by atoms with Crippen molar-refractivity contribution in [1.82, 2.24) is 19.7 Å². The van der Waals surface area contributed by atoms with Gasteiger partial charge in [-0.25, -0.2) is 4.98 Å². The minimum atomic E-state index is -0.0897. The van der Waals surface area contributed by atoms with E-state index in [1.165, 1.54) is 11.3 Å². The van der Waals surface area contributed by atoms with Crippen LogP contribution in [0, 0.1) is 0 Å². The van der Waals surface area contributed by atoms with Crippen molar-refractivity contribution in [3.63, 3.8) is 0 Å². The number of benzene rings is 1. The Morgan fingerprint density at radius 1 is 1.22 bits per heavy atom. The van der Waals surface area contributed by atoms with Gasteiger partial charge in [-0.3, -0.25) is 14.4 Å². The van der Waals surface area contributed by atoms with Gasteiger partial charge in [0.05, 0.1) is 17.3 Å². The van der Waals surface area contributed by atoms with Crippen molar-refractivity contribution in [2.24, 2.45) is 7.05 Å².